The molecule has 0 heterocycles. The van der Waals surface area contributed by atoms with Crippen LogP contribution in [0, 0.1) is 0 Å². The minimum atomic E-state index is -4.65. The van der Waals surface area contributed by atoms with Crippen LogP contribution in [0.25, 0.3) is 0 Å². The summed E-state index contributed by atoms with van der Waals surface area (Å²) in [5.41, 5.74) is 5.14. The van der Waals surface area contributed by atoms with Gasteiger partial charge < -0.3 is 10.3 Å². The standard InChI is InChI=1S/C5H12NO5P/c6-4-2-1-3-5(7)11-12(8,9)10/h1-4,6H2,(H2,8,9,10). The lowest BCUT2D eigenvalue weighted by Crippen LogP contribution is -2.04. The third-order valence-corrected chi connectivity index (χ3v) is 1.50. The molecule has 0 aliphatic heterocycles. The Balaban J connectivity index is 3.54. The Morgan fingerprint density at radius 3 is 2.42 bits per heavy atom. The van der Waals surface area contributed by atoms with E-state index in [4.69, 9.17) is 15.5 Å². The van der Waals surface area contributed by atoms with E-state index in [1.54, 1.807) is 0 Å². The number of phosphoric acid groups is 1. The first-order valence-electron chi connectivity index (χ1n) is 3.44. The van der Waals surface area contributed by atoms with E-state index in [1.807, 2.05) is 0 Å². The molecule has 72 valence electrons. The van der Waals surface area contributed by atoms with Crippen molar-refractivity contribution in [3.8, 4) is 0 Å². The van der Waals surface area contributed by atoms with Crippen LogP contribution < -0.4 is 5.73 Å². The van der Waals surface area contributed by atoms with Crippen molar-refractivity contribution in [2.45, 2.75) is 19.3 Å². The summed E-state index contributed by atoms with van der Waals surface area (Å²) in [6.45, 7) is 0.448. The van der Waals surface area contributed by atoms with Gasteiger partial charge in [-0.3, -0.25) is 14.6 Å². The van der Waals surface area contributed by atoms with Crippen LogP contribution in [0.1, 0.15) is 19.3 Å². The number of carbonyl (C=O) groups excluding carboxylic acids is 1. The van der Waals surface area contributed by atoms with E-state index < -0.39 is 13.8 Å². The largest absolute Gasteiger partial charge is 0.526 e. The van der Waals surface area contributed by atoms with Gasteiger partial charge in [-0.1, -0.05) is 0 Å². The van der Waals surface area contributed by atoms with Crippen molar-refractivity contribution in [1.82, 2.24) is 0 Å². The van der Waals surface area contributed by atoms with Crippen LogP contribution >= 0.6 is 7.82 Å². The van der Waals surface area contributed by atoms with Crippen LogP contribution in [0.3, 0.4) is 0 Å². The zero-order valence-electron chi connectivity index (χ0n) is 6.47. The van der Waals surface area contributed by atoms with Crippen molar-refractivity contribution in [3.05, 3.63) is 0 Å². The maximum atomic E-state index is 10.6. The topological polar surface area (TPSA) is 110 Å². The van der Waals surface area contributed by atoms with Gasteiger partial charge in [0.25, 0.3) is 0 Å². The van der Waals surface area contributed by atoms with E-state index in [2.05, 4.69) is 4.52 Å². The molecule has 6 nitrogen and oxygen atoms in total. The molecule has 0 aromatic carbocycles. The predicted octanol–water partition coefficient (Wildman–Crippen LogP) is -0.249. The molecular weight excluding hydrogens is 185 g/mol. The summed E-state index contributed by atoms with van der Waals surface area (Å²) in [7, 11) is -4.65. The SMILES string of the molecule is NCCCCC(=O)OP(=O)(O)O. The van der Waals surface area contributed by atoms with Gasteiger partial charge in [-0.25, -0.2) is 4.57 Å². The van der Waals surface area contributed by atoms with Gasteiger partial charge in [0.05, 0.1) is 0 Å². The van der Waals surface area contributed by atoms with E-state index >= 15 is 0 Å². The van der Waals surface area contributed by atoms with Gasteiger partial charge in [-0.2, -0.15) is 0 Å². The number of hydrogen-bond acceptors (Lipinski definition) is 4. The molecule has 12 heavy (non-hydrogen) atoms. The van der Waals surface area contributed by atoms with Gasteiger partial charge in [0.2, 0.25) is 0 Å². The Labute approximate surface area is 70.0 Å². The van der Waals surface area contributed by atoms with Crippen LogP contribution in [0.15, 0.2) is 0 Å². The molecule has 0 rings (SSSR count). The predicted molar refractivity (Wildman–Crippen MR) is 41.0 cm³/mol. The molecular formula is C5H12NO5P. The average Bonchev–Trinajstić information content (AvgIpc) is 1.84. The highest BCUT2D eigenvalue weighted by Gasteiger charge is 2.19. The molecule has 7 heteroatoms. The highest BCUT2D eigenvalue weighted by molar-refractivity contribution is 7.46. The van der Waals surface area contributed by atoms with Gasteiger partial charge in [0.1, 0.15) is 0 Å². The molecule has 0 bridgehead atoms. The Morgan fingerprint density at radius 2 is 2.00 bits per heavy atom. The number of rotatable bonds is 5. The molecule has 0 amide bonds. The summed E-state index contributed by atoms with van der Waals surface area (Å²) in [4.78, 5) is 27.0. The molecule has 0 aliphatic carbocycles. The van der Waals surface area contributed by atoms with Gasteiger partial charge in [0.15, 0.2) is 0 Å². The van der Waals surface area contributed by atoms with Gasteiger partial charge in [-0.15, -0.1) is 0 Å². The zero-order chi connectivity index (χ0) is 9.61. The van der Waals surface area contributed by atoms with Crippen LogP contribution in [0.4, 0.5) is 0 Å². The normalized spacial score (nSPS) is 11.2. The average molecular weight is 197 g/mol. The lowest BCUT2D eigenvalue weighted by atomic mass is 10.2. The van der Waals surface area contributed by atoms with Crippen LogP contribution in [-0.4, -0.2) is 22.3 Å². The first-order chi connectivity index (χ1) is 5.45. The van der Waals surface area contributed by atoms with Crippen LogP contribution in [-0.2, 0) is 13.9 Å². The third kappa shape index (κ3) is 7.68. The molecule has 0 saturated carbocycles. The van der Waals surface area contributed by atoms with Crippen LogP contribution in [0.2, 0.25) is 0 Å². The van der Waals surface area contributed by atoms with E-state index in [-0.39, 0.29) is 6.42 Å². The maximum absolute atomic E-state index is 10.6. The molecule has 0 radical (unpaired) electrons. The number of nitrogens with two attached hydrogens (primary N) is 1. The second kappa shape index (κ2) is 5.27. The highest BCUT2D eigenvalue weighted by Crippen LogP contribution is 2.36. The molecule has 0 fully saturated rings. The van der Waals surface area contributed by atoms with Crippen LogP contribution in [0.5, 0.6) is 0 Å². The van der Waals surface area contributed by atoms with E-state index in [0.29, 0.717) is 19.4 Å². The summed E-state index contributed by atoms with van der Waals surface area (Å²) in [5.74, 6) is -0.892. The summed E-state index contributed by atoms with van der Waals surface area (Å²) >= 11 is 0. The van der Waals surface area contributed by atoms with E-state index in [1.165, 1.54) is 0 Å². The fraction of sp³-hybridized carbons (Fsp3) is 0.800. The maximum Gasteiger partial charge on any atom is 0.526 e. The smallest absolute Gasteiger partial charge is 0.371 e. The number of carbonyl (C=O) groups is 1. The van der Waals surface area contributed by atoms with Crippen molar-refractivity contribution < 1.29 is 23.7 Å². The molecule has 4 N–H and O–H groups in total. The Hall–Kier alpha value is -0.420. The Bertz CT molecular complexity index is 188. The fourth-order valence-electron chi connectivity index (χ4n) is 0.592. The van der Waals surface area contributed by atoms with E-state index in [0.717, 1.165) is 0 Å². The van der Waals surface area contributed by atoms with Gasteiger partial charge in [0, 0.05) is 6.42 Å². The molecule has 0 atom stereocenters. The molecule has 0 saturated heterocycles. The van der Waals surface area contributed by atoms with E-state index in [9.17, 15) is 9.36 Å². The first kappa shape index (κ1) is 11.6. The molecule has 0 unspecified atom stereocenters. The number of phosphoric ester groups is 1. The van der Waals surface area contributed by atoms with Crippen molar-refractivity contribution in [3.63, 3.8) is 0 Å². The minimum absolute atomic E-state index is 0.0116. The summed E-state index contributed by atoms with van der Waals surface area (Å²) < 4.78 is 13.9. The second-order valence-electron chi connectivity index (χ2n) is 2.20. The molecule has 0 aliphatic rings. The first-order valence-corrected chi connectivity index (χ1v) is 4.97. The number of hydrogen-bond donors (Lipinski definition) is 3. The summed E-state index contributed by atoms with van der Waals surface area (Å²) in [5, 5.41) is 0. The third-order valence-electron chi connectivity index (χ3n) is 1.06. The van der Waals surface area contributed by atoms with Crippen molar-refractivity contribution >= 4 is 13.8 Å². The molecule has 0 aromatic rings. The number of unbranched alkanes of at least 4 members (excludes halogenated alkanes) is 1. The molecule has 0 spiro atoms. The van der Waals surface area contributed by atoms with Gasteiger partial charge >= 0.3 is 13.8 Å². The summed E-state index contributed by atoms with van der Waals surface area (Å²) in [6.07, 6.45) is 1.11. The quantitative estimate of drug-likeness (QED) is 0.414. The van der Waals surface area contributed by atoms with Crippen molar-refractivity contribution in [1.29, 1.82) is 0 Å². The fourth-order valence-corrected chi connectivity index (χ4v) is 0.949. The van der Waals surface area contributed by atoms with Crippen molar-refractivity contribution in [2.24, 2.45) is 5.73 Å². The minimum Gasteiger partial charge on any atom is -0.371 e. The zero-order valence-corrected chi connectivity index (χ0v) is 7.37. The Morgan fingerprint density at radius 1 is 1.42 bits per heavy atom. The highest BCUT2D eigenvalue weighted by atomic mass is 31.2. The Kier molecular flexibility index (Phi) is 5.08. The lowest BCUT2D eigenvalue weighted by Gasteiger charge is -2.03. The molecule has 0 aromatic heterocycles. The summed E-state index contributed by atoms with van der Waals surface area (Å²) in [6, 6.07) is 0. The van der Waals surface area contributed by atoms with Crippen molar-refractivity contribution in [2.75, 3.05) is 6.54 Å². The second-order valence-corrected chi connectivity index (χ2v) is 3.36. The van der Waals surface area contributed by atoms with Gasteiger partial charge in [-0.05, 0) is 19.4 Å². The lowest BCUT2D eigenvalue weighted by molar-refractivity contribution is -0.135. The monoisotopic (exact) mass is 197 g/mol.